The third kappa shape index (κ3) is 6.27. The zero-order valence-corrected chi connectivity index (χ0v) is 17.5. The van der Waals surface area contributed by atoms with E-state index < -0.39 is 42.3 Å². The molecule has 1 unspecified atom stereocenters. The highest BCUT2D eigenvalue weighted by Gasteiger charge is 2.36. The van der Waals surface area contributed by atoms with Gasteiger partial charge in [0.25, 0.3) is 5.91 Å². The number of rotatable bonds is 7. The largest absolute Gasteiger partial charge is 0.480 e. The van der Waals surface area contributed by atoms with Gasteiger partial charge in [-0.05, 0) is 52.9 Å². The van der Waals surface area contributed by atoms with Gasteiger partial charge in [0, 0.05) is 5.56 Å². The van der Waals surface area contributed by atoms with Crippen molar-refractivity contribution in [2.75, 3.05) is 0 Å². The third-order valence-electron chi connectivity index (χ3n) is 5.27. The summed E-state index contributed by atoms with van der Waals surface area (Å²) in [6.45, 7) is 0. The molecule has 34 heavy (non-hydrogen) atoms. The number of carbonyl (C=O) groups is 2. The first-order valence-corrected chi connectivity index (χ1v) is 10.1. The zero-order chi connectivity index (χ0) is 25.1. The van der Waals surface area contributed by atoms with Crippen LogP contribution >= 0.6 is 0 Å². The van der Waals surface area contributed by atoms with Gasteiger partial charge >= 0.3 is 18.3 Å². The van der Waals surface area contributed by atoms with Crippen LogP contribution in [0.15, 0.2) is 60.7 Å². The molecule has 0 aliphatic carbocycles. The molecule has 1 atom stereocenters. The van der Waals surface area contributed by atoms with Gasteiger partial charge < -0.3 is 10.4 Å². The number of nitrogens with one attached hydrogen (secondary N) is 1. The van der Waals surface area contributed by atoms with Crippen molar-refractivity contribution >= 4 is 22.6 Å². The van der Waals surface area contributed by atoms with E-state index in [0.29, 0.717) is 16.5 Å². The summed E-state index contributed by atoms with van der Waals surface area (Å²) in [5, 5.41) is 12.4. The van der Waals surface area contributed by atoms with Crippen LogP contribution in [-0.4, -0.2) is 29.2 Å². The van der Waals surface area contributed by atoms with E-state index in [1.54, 1.807) is 30.3 Å². The van der Waals surface area contributed by atoms with Crippen LogP contribution in [0.5, 0.6) is 0 Å². The van der Waals surface area contributed by atoms with Gasteiger partial charge in [-0.15, -0.1) is 0 Å². The van der Waals surface area contributed by atoms with Crippen molar-refractivity contribution in [1.82, 2.24) is 5.32 Å². The fraction of sp³-hybridized carbons (Fsp3) is 0.250. The number of hydrogen-bond acceptors (Lipinski definition) is 2. The van der Waals surface area contributed by atoms with Crippen molar-refractivity contribution in [3.63, 3.8) is 0 Å². The number of hydrogen-bond donors (Lipinski definition) is 2. The molecule has 3 rings (SSSR count). The minimum Gasteiger partial charge on any atom is -0.480 e. The lowest BCUT2D eigenvalue weighted by atomic mass is 9.93. The molecule has 0 bridgehead atoms. The Morgan fingerprint density at radius 3 is 2.09 bits per heavy atom. The Labute approximate surface area is 190 Å². The molecule has 0 saturated heterocycles. The van der Waals surface area contributed by atoms with Crippen LogP contribution in [0.25, 0.3) is 10.8 Å². The Bertz CT molecular complexity index is 1190. The second-order valence-electron chi connectivity index (χ2n) is 7.69. The van der Waals surface area contributed by atoms with E-state index in [4.69, 9.17) is 5.11 Å². The van der Waals surface area contributed by atoms with Crippen LogP contribution < -0.4 is 5.32 Å². The van der Waals surface area contributed by atoms with Gasteiger partial charge in [0.1, 0.15) is 6.04 Å². The Morgan fingerprint density at radius 1 is 0.853 bits per heavy atom. The summed E-state index contributed by atoms with van der Waals surface area (Å²) in [6.07, 6.45) is -10.6. The number of amides is 1. The molecule has 3 aromatic carbocycles. The molecule has 3 aromatic rings. The van der Waals surface area contributed by atoms with Gasteiger partial charge in [-0.2, -0.15) is 26.3 Å². The van der Waals surface area contributed by atoms with E-state index in [2.05, 4.69) is 0 Å². The van der Waals surface area contributed by atoms with Crippen molar-refractivity contribution in [2.45, 2.75) is 37.7 Å². The molecule has 0 aliphatic rings. The monoisotopic (exact) mass is 483 g/mol. The van der Waals surface area contributed by atoms with Crippen molar-refractivity contribution in [2.24, 2.45) is 0 Å². The maximum Gasteiger partial charge on any atom is 0.416 e. The fourth-order valence-electron chi connectivity index (χ4n) is 3.62. The molecular formula is C24H19F6NO3. The van der Waals surface area contributed by atoms with Gasteiger partial charge in [0.2, 0.25) is 0 Å². The van der Waals surface area contributed by atoms with Crippen LogP contribution in [0.3, 0.4) is 0 Å². The van der Waals surface area contributed by atoms with E-state index in [1.807, 2.05) is 5.32 Å². The number of halogens is 6. The predicted molar refractivity (Wildman–Crippen MR) is 112 cm³/mol. The molecule has 0 saturated carbocycles. The number of carboxylic acids is 1. The first-order valence-electron chi connectivity index (χ1n) is 10.1. The summed E-state index contributed by atoms with van der Waals surface area (Å²) in [6, 6.07) is 12.3. The lowest BCUT2D eigenvalue weighted by Crippen LogP contribution is -2.43. The molecule has 0 spiro atoms. The highest BCUT2D eigenvalue weighted by atomic mass is 19.4. The molecule has 180 valence electrons. The van der Waals surface area contributed by atoms with Crippen LogP contribution in [0, 0.1) is 0 Å². The second kappa shape index (κ2) is 9.74. The summed E-state index contributed by atoms with van der Waals surface area (Å²) in [7, 11) is 0. The Kier molecular flexibility index (Phi) is 7.18. The molecule has 0 fully saturated rings. The average molecular weight is 483 g/mol. The average Bonchev–Trinajstić information content (AvgIpc) is 2.75. The maximum absolute atomic E-state index is 12.8. The number of alkyl halides is 6. The molecule has 0 aromatic heterocycles. The topological polar surface area (TPSA) is 66.4 Å². The molecule has 4 nitrogen and oxygen atoms in total. The van der Waals surface area contributed by atoms with E-state index >= 15 is 0 Å². The van der Waals surface area contributed by atoms with E-state index in [-0.39, 0.29) is 18.4 Å². The van der Waals surface area contributed by atoms with Crippen molar-refractivity contribution in [1.29, 1.82) is 0 Å². The number of aryl methyl sites for hydroxylation is 2. The molecular weight excluding hydrogens is 464 g/mol. The quantitative estimate of drug-likeness (QED) is 0.419. The number of fused-ring (bicyclic) bond motifs is 1. The maximum atomic E-state index is 12.8. The van der Waals surface area contributed by atoms with Gasteiger partial charge in [0.15, 0.2) is 0 Å². The minimum absolute atomic E-state index is 0.000892. The number of carboxylic acid groups (broad SMARTS) is 1. The van der Waals surface area contributed by atoms with Crippen LogP contribution in [0.1, 0.15) is 33.5 Å². The molecule has 0 radical (unpaired) electrons. The minimum atomic E-state index is -4.80. The molecule has 1 amide bonds. The van der Waals surface area contributed by atoms with Crippen molar-refractivity contribution in [3.8, 4) is 0 Å². The summed E-state index contributed by atoms with van der Waals surface area (Å²) >= 11 is 0. The second-order valence-corrected chi connectivity index (χ2v) is 7.69. The summed E-state index contributed by atoms with van der Waals surface area (Å²) in [5.74, 6) is -2.80. The van der Waals surface area contributed by atoms with Gasteiger partial charge in [0.05, 0.1) is 12.0 Å². The van der Waals surface area contributed by atoms with Crippen LogP contribution in [-0.2, 0) is 23.8 Å². The Hall–Kier alpha value is -3.56. The summed E-state index contributed by atoms with van der Waals surface area (Å²) in [4.78, 5) is 24.1. The lowest BCUT2D eigenvalue weighted by molar-refractivity contribution is -0.157. The number of aliphatic carboxylic acids is 1. The molecule has 10 heteroatoms. The lowest BCUT2D eigenvalue weighted by Gasteiger charge is -2.18. The highest BCUT2D eigenvalue weighted by molar-refractivity contribution is 6.02. The third-order valence-corrected chi connectivity index (χ3v) is 5.27. The first-order chi connectivity index (χ1) is 15.8. The summed E-state index contributed by atoms with van der Waals surface area (Å²) in [5.41, 5.74) is 0.212. The van der Waals surface area contributed by atoms with E-state index in [9.17, 15) is 35.9 Å². The first kappa shape index (κ1) is 25.1. The number of carbonyl (C=O) groups excluding carboxylic acids is 1. The van der Waals surface area contributed by atoms with Gasteiger partial charge in [-0.1, -0.05) is 42.5 Å². The normalized spacial score (nSPS) is 13.0. The predicted octanol–water partition coefficient (Wildman–Crippen LogP) is 5.78. The van der Waals surface area contributed by atoms with Gasteiger partial charge in [-0.3, -0.25) is 4.79 Å². The smallest absolute Gasteiger partial charge is 0.416 e. The standard InChI is InChI=1S/C24H19F6NO3/c25-23(26,27)13-20(22(33)34)31-21(32)19-12-8-15-3-1-2-4-17(15)18(19)11-7-14-5-9-16(10-6-14)24(28,29)30/h1-6,8-10,12,20H,7,11,13H2,(H,31,32)(H,33,34). The van der Waals surface area contributed by atoms with E-state index in [0.717, 1.165) is 17.5 Å². The SMILES string of the molecule is O=C(NC(CC(F)(F)F)C(=O)O)c1ccc2ccccc2c1CCc1ccc(C(F)(F)F)cc1. The van der Waals surface area contributed by atoms with Crippen molar-refractivity contribution < 1.29 is 41.0 Å². The fourth-order valence-corrected chi connectivity index (χ4v) is 3.62. The van der Waals surface area contributed by atoms with Crippen LogP contribution in [0.4, 0.5) is 26.3 Å². The van der Waals surface area contributed by atoms with Crippen LogP contribution in [0.2, 0.25) is 0 Å². The van der Waals surface area contributed by atoms with Gasteiger partial charge in [-0.25, -0.2) is 4.79 Å². The molecule has 0 heterocycles. The molecule has 0 aliphatic heterocycles. The molecule has 2 N–H and O–H groups in total. The highest BCUT2D eigenvalue weighted by Crippen LogP contribution is 2.30. The van der Waals surface area contributed by atoms with E-state index in [1.165, 1.54) is 18.2 Å². The Morgan fingerprint density at radius 2 is 1.50 bits per heavy atom. The summed E-state index contributed by atoms with van der Waals surface area (Å²) < 4.78 is 76.6. The zero-order valence-electron chi connectivity index (χ0n) is 17.5. The Balaban J connectivity index is 1.91. The van der Waals surface area contributed by atoms with Crippen molar-refractivity contribution in [3.05, 3.63) is 82.9 Å². The number of benzene rings is 3.